The van der Waals surface area contributed by atoms with E-state index in [4.69, 9.17) is 4.74 Å². The Labute approximate surface area is 231 Å². The normalized spacial score (nSPS) is 14.1. The quantitative estimate of drug-likeness (QED) is 0.153. The topological polar surface area (TPSA) is 82.6 Å². The van der Waals surface area contributed by atoms with Crippen molar-refractivity contribution in [3.05, 3.63) is 96.2 Å². The van der Waals surface area contributed by atoms with Gasteiger partial charge in [0.25, 0.3) is 0 Å². The fraction of sp³-hybridized carbons (Fsp3) is 0.312. The lowest BCUT2D eigenvalue weighted by atomic mass is 10.1. The Morgan fingerprint density at radius 3 is 2.64 bits per heavy atom. The van der Waals surface area contributed by atoms with E-state index < -0.39 is 0 Å². The lowest BCUT2D eigenvalue weighted by Crippen LogP contribution is -2.35. The first-order valence-corrected chi connectivity index (χ1v) is 14.0. The van der Waals surface area contributed by atoms with E-state index in [0.717, 1.165) is 80.1 Å². The molecule has 0 fully saturated rings. The number of para-hydroxylation sites is 1. The summed E-state index contributed by atoms with van der Waals surface area (Å²) in [5.74, 6) is 0.865. The zero-order chi connectivity index (χ0) is 26.5. The predicted molar refractivity (Wildman–Crippen MR) is 161 cm³/mol. The third kappa shape index (κ3) is 7.78. The molecule has 1 unspecified atom stereocenters. The summed E-state index contributed by atoms with van der Waals surface area (Å²) in [5.41, 5.74) is 5.65. The van der Waals surface area contributed by atoms with Crippen LogP contribution in [0.5, 0.6) is 5.75 Å². The van der Waals surface area contributed by atoms with Crippen molar-refractivity contribution in [3.8, 4) is 5.75 Å². The Balaban J connectivity index is 0.954. The van der Waals surface area contributed by atoms with Gasteiger partial charge in [-0.3, -0.25) is 10.3 Å². The van der Waals surface area contributed by atoms with Gasteiger partial charge in [-0.05, 0) is 75.1 Å². The molecule has 1 aromatic heterocycles. The molecule has 7 heteroatoms. The summed E-state index contributed by atoms with van der Waals surface area (Å²) in [6, 6.07) is 27.1. The van der Waals surface area contributed by atoms with Gasteiger partial charge >= 0.3 is 0 Å². The molecule has 4 aromatic rings. The Morgan fingerprint density at radius 1 is 0.821 bits per heavy atom. The molecule has 0 saturated carbocycles. The molecular formula is C32H38N6O. The first-order valence-electron chi connectivity index (χ1n) is 14.0. The molecule has 0 bridgehead atoms. The van der Waals surface area contributed by atoms with Crippen molar-refractivity contribution in [1.82, 2.24) is 20.9 Å². The minimum Gasteiger partial charge on any atom is -0.493 e. The Hall–Kier alpha value is -3.94. The van der Waals surface area contributed by atoms with E-state index in [1.54, 1.807) is 6.34 Å². The van der Waals surface area contributed by atoms with Crippen LogP contribution in [0.4, 0.5) is 11.4 Å². The predicted octanol–water partition coefficient (Wildman–Crippen LogP) is 5.58. The average Bonchev–Trinajstić information content (AvgIpc) is 2.99. The average molecular weight is 523 g/mol. The fourth-order valence-electron chi connectivity index (χ4n) is 4.79. The summed E-state index contributed by atoms with van der Waals surface area (Å²) >= 11 is 0. The maximum absolute atomic E-state index is 6.01. The van der Waals surface area contributed by atoms with E-state index in [2.05, 4.69) is 79.8 Å². The van der Waals surface area contributed by atoms with E-state index in [0.29, 0.717) is 6.61 Å². The lowest BCUT2D eigenvalue weighted by molar-refractivity contribution is 0.308. The van der Waals surface area contributed by atoms with Crippen LogP contribution in [0.25, 0.3) is 10.9 Å². The highest BCUT2D eigenvalue weighted by atomic mass is 16.5. The molecule has 202 valence electrons. The van der Waals surface area contributed by atoms with E-state index in [1.165, 1.54) is 10.9 Å². The summed E-state index contributed by atoms with van der Waals surface area (Å²) < 4.78 is 6.01. The van der Waals surface area contributed by atoms with Crippen molar-refractivity contribution in [2.24, 2.45) is 4.99 Å². The Bertz CT molecular complexity index is 1340. The minimum absolute atomic E-state index is 0.0679. The molecule has 0 aliphatic carbocycles. The molecule has 39 heavy (non-hydrogen) atoms. The number of aryl methyl sites for hydroxylation is 1. The lowest BCUT2D eigenvalue weighted by Gasteiger charge is -2.24. The van der Waals surface area contributed by atoms with Gasteiger partial charge in [-0.1, -0.05) is 48.5 Å². The monoisotopic (exact) mass is 522 g/mol. The van der Waals surface area contributed by atoms with Crippen molar-refractivity contribution in [2.45, 2.75) is 31.8 Å². The second kappa shape index (κ2) is 14.3. The van der Waals surface area contributed by atoms with Crippen LogP contribution in [0.2, 0.25) is 0 Å². The van der Waals surface area contributed by atoms with Gasteiger partial charge in [0.05, 0.1) is 24.1 Å². The van der Waals surface area contributed by atoms with Crippen LogP contribution in [-0.4, -0.2) is 44.1 Å². The summed E-state index contributed by atoms with van der Waals surface area (Å²) in [7, 11) is 0. The number of rotatable bonds is 15. The number of pyridine rings is 1. The van der Waals surface area contributed by atoms with E-state index >= 15 is 0 Å². The van der Waals surface area contributed by atoms with Crippen LogP contribution in [0.3, 0.4) is 0 Å². The highest BCUT2D eigenvalue weighted by Crippen LogP contribution is 2.31. The highest BCUT2D eigenvalue weighted by Gasteiger charge is 2.17. The van der Waals surface area contributed by atoms with Crippen molar-refractivity contribution in [3.63, 3.8) is 0 Å². The van der Waals surface area contributed by atoms with Gasteiger partial charge < -0.3 is 20.7 Å². The molecule has 2 heterocycles. The summed E-state index contributed by atoms with van der Waals surface area (Å²) in [4.78, 5) is 8.95. The summed E-state index contributed by atoms with van der Waals surface area (Å²) in [5, 5.41) is 15.2. The number of aliphatic imine (C=N–C) groups is 1. The number of aromatic nitrogens is 1. The number of nitrogens with zero attached hydrogens (tertiary/aromatic N) is 2. The van der Waals surface area contributed by atoms with Gasteiger partial charge in [0.15, 0.2) is 0 Å². The van der Waals surface area contributed by atoms with Crippen LogP contribution >= 0.6 is 0 Å². The molecule has 0 saturated heterocycles. The smallest absolute Gasteiger partial charge is 0.121 e. The Morgan fingerprint density at radius 2 is 1.69 bits per heavy atom. The second-order valence-electron chi connectivity index (χ2n) is 9.73. The number of hydrogen-bond acceptors (Lipinski definition) is 7. The SMILES string of the molecule is C1=Nc2cc(OCCCNCCCNc3ccnc4ccccc34)ccc2C(NCCCc2ccccc2)N1. The number of ether oxygens (including phenoxy) is 1. The number of hydrogen-bond donors (Lipinski definition) is 4. The van der Waals surface area contributed by atoms with Crippen molar-refractivity contribution >= 4 is 28.6 Å². The van der Waals surface area contributed by atoms with Crippen molar-refractivity contribution in [2.75, 3.05) is 38.1 Å². The number of fused-ring (bicyclic) bond motifs is 2. The van der Waals surface area contributed by atoms with Crippen LogP contribution in [0, 0.1) is 0 Å². The summed E-state index contributed by atoms with van der Waals surface area (Å²) in [6.45, 7) is 4.43. The second-order valence-corrected chi connectivity index (χ2v) is 9.73. The maximum atomic E-state index is 6.01. The first kappa shape index (κ1) is 26.7. The van der Waals surface area contributed by atoms with Gasteiger partial charge in [0.2, 0.25) is 0 Å². The molecule has 0 radical (unpaired) electrons. The molecule has 0 spiro atoms. The molecular weight excluding hydrogens is 484 g/mol. The number of benzene rings is 3. The largest absolute Gasteiger partial charge is 0.493 e. The van der Waals surface area contributed by atoms with Crippen molar-refractivity contribution < 1.29 is 4.74 Å². The highest BCUT2D eigenvalue weighted by molar-refractivity contribution is 5.90. The van der Waals surface area contributed by atoms with Crippen molar-refractivity contribution in [1.29, 1.82) is 0 Å². The first-order chi connectivity index (χ1) is 19.4. The van der Waals surface area contributed by atoms with Crippen LogP contribution in [0.1, 0.15) is 36.6 Å². The molecule has 1 atom stereocenters. The van der Waals surface area contributed by atoms with Crippen LogP contribution in [0.15, 0.2) is 90.1 Å². The van der Waals surface area contributed by atoms with E-state index in [1.807, 2.05) is 36.5 Å². The summed E-state index contributed by atoms with van der Waals surface area (Å²) in [6.07, 6.45) is 7.87. The molecule has 4 N–H and O–H groups in total. The van der Waals surface area contributed by atoms with Gasteiger partial charge in [-0.25, -0.2) is 4.99 Å². The van der Waals surface area contributed by atoms with Gasteiger partial charge in [-0.2, -0.15) is 0 Å². The zero-order valence-electron chi connectivity index (χ0n) is 22.4. The van der Waals surface area contributed by atoms with Crippen LogP contribution < -0.4 is 26.0 Å². The molecule has 7 nitrogen and oxygen atoms in total. The van der Waals surface area contributed by atoms with E-state index in [9.17, 15) is 0 Å². The number of anilines is 1. The fourth-order valence-corrected chi connectivity index (χ4v) is 4.79. The molecule has 0 amide bonds. The van der Waals surface area contributed by atoms with E-state index in [-0.39, 0.29) is 6.17 Å². The Kier molecular flexibility index (Phi) is 9.76. The maximum Gasteiger partial charge on any atom is 0.121 e. The van der Waals surface area contributed by atoms with Gasteiger partial charge in [0.1, 0.15) is 11.9 Å². The van der Waals surface area contributed by atoms with Gasteiger partial charge in [0, 0.05) is 35.4 Å². The third-order valence-electron chi connectivity index (χ3n) is 6.85. The minimum atomic E-state index is 0.0679. The third-order valence-corrected chi connectivity index (χ3v) is 6.85. The molecule has 3 aromatic carbocycles. The zero-order valence-corrected chi connectivity index (χ0v) is 22.4. The molecule has 1 aliphatic heterocycles. The van der Waals surface area contributed by atoms with Gasteiger partial charge in [-0.15, -0.1) is 0 Å². The van der Waals surface area contributed by atoms with Crippen LogP contribution in [-0.2, 0) is 6.42 Å². The standard InChI is InChI=1S/C32H38N6O/c1-2-9-25(10-3-1)11-6-19-36-32-28-15-14-26(23-31(28)37-24-38-32)39-22-8-18-33-17-7-20-34-30-16-21-35-29-13-5-4-12-27(29)30/h1-5,9-10,12-16,21,23-24,32-33,36H,6-8,11,17-20,22H2,(H,34,35)(H,37,38). The molecule has 5 rings (SSSR count). The number of nitrogens with one attached hydrogen (secondary N) is 4. The molecule has 1 aliphatic rings.